The number of hydrogen-bond acceptors (Lipinski definition) is 8. The molecule has 0 saturated carbocycles. The summed E-state index contributed by atoms with van der Waals surface area (Å²) in [7, 11) is 0. The average Bonchev–Trinajstić information content (AvgIpc) is 2.93. The van der Waals surface area contributed by atoms with Crippen LogP contribution in [0, 0.1) is 12.7 Å². The normalized spacial score (nSPS) is 15.3. The van der Waals surface area contributed by atoms with E-state index in [1.165, 1.54) is 10.6 Å². The van der Waals surface area contributed by atoms with Gasteiger partial charge in [-0.3, -0.25) is 9.78 Å². The zero-order valence-corrected chi connectivity index (χ0v) is 26.4. The Labute approximate surface area is 256 Å². The minimum atomic E-state index is -0.462. The lowest BCUT2D eigenvalue weighted by molar-refractivity contribution is -0.138. The van der Waals surface area contributed by atoms with Crippen LogP contribution >= 0.6 is 11.6 Å². The first-order chi connectivity index (χ1) is 20.3. The third-order valence-corrected chi connectivity index (χ3v) is 7.32. The van der Waals surface area contributed by atoms with Crippen molar-refractivity contribution in [2.24, 2.45) is 0 Å². The molecule has 1 atom stereocenters. The Morgan fingerprint density at radius 1 is 1.19 bits per heavy atom. The summed E-state index contributed by atoms with van der Waals surface area (Å²) in [5.74, 6) is 0.140. The number of benzene rings is 1. The van der Waals surface area contributed by atoms with E-state index in [9.17, 15) is 14.0 Å². The van der Waals surface area contributed by atoms with Crippen LogP contribution in [-0.4, -0.2) is 57.3 Å². The van der Waals surface area contributed by atoms with Gasteiger partial charge in [0.25, 0.3) is 6.47 Å². The van der Waals surface area contributed by atoms with Crippen LogP contribution in [0.15, 0.2) is 47.4 Å². The van der Waals surface area contributed by atoms with Gasteiger partial charge in [0.05, 0.1) is 27.5 Å². The summed E-state index contributed by atoms with van der Waals surface area (Å²) in [5, 5.41) is 4.28. The number of aromatic nitrogens is 4. The largest absolute Gasteiger partial charge is 0.462 e. The van der Waals surface area contributed by atoms with Gasteiger partial charge in [-0.2, -0.15) is 4.98 Å². The molecule has 4 heterocycles. The predicted molar refractivity (Wildman–Crippen MR) is 169 cm³/mol. The van der Waals surface area contributed by atoms with E-state index in [-0.39, 0.29) is 33.8 Å². The number of aryl methyl sites for hydroxylation is 1. The van der Waals surface area contributed by atoms with Crippen LogP contribution < -0.4 is 15.9 Å². The van der Waals surface area contributed by atoms with Gasteiger partial charge in [0, 0.05) is 37.4 Å². The maximum absolute atomic E-state index is 14.8. The zero-order chi connectivity index (χ0) is 31.5. The molecular weight excluding hydrogens is 571 g/mol. The maximum atomic E-state index is 14.8. The molecular formula is C32H38ClFN6O3. The third-order valence-electron chi connectivity index (χ3n) is 7.03. The van der Waals surface area contributed by atoms with Crippen LogP contribution in [-0.2, 0) is 9.53 Å². The molecule has 228 valence electrons. The fourth-order valence-electron chi connectivity index (χ4n) is 4.95. The van der Waals surface area contributed by atoms with Crippen molar-refractivity contribution in [3.05, 3.63) is 75.2 Å². The van der Waals surface area contributed by atoms with Crippen molar-refractivity contribution >= 4 is 34.9 Å². The molecule has 0 bridgehead atoms. The molecule has 5 rings (SSSR count). The number of fused-ring (bicyclic) bond motifs is 1. The Morgan fingerprint density at radius 2 is 1.91 bits per heavy atom. The summed E-state index contributed by atoms with van der Waals surface area (Å²) in [6.07, 6.45) is 1.74. The highest BCUT2D eigenvalue weighted by Crippen LogP contribution is 2.35. The van der Waals surface area contributed by atoms with Gasteiger partial charge >= 0.3 is 5.69 Å². The monoisotopic (exact) mass is 608 g/mol. The van der Waals surface area contributed by atoms with Crippen molar-refractivity contribution in [1.29, 1.82) is 0 Å². The second-order valence-electron chi connectivity index (χ2n) is 11.8. The van der Waals surface area contributed by atoms with Crippen LogP contribution in [0.25, 0.3) is 28.0 Å². The SMILES string of the molecule is CC(C)(C)OC=O.Cc1ccnc(C(C)C)c1-n1c(=O)nc(N2CCNCC2C)c2cc(Cl)c(-c3ccccc3F)nc21. The van der Waals surface area contributed by atoms with Crippen LogP contribution in [0.2, 0.25) is 5.02 Å². The van der Waals surface area contributed by atoms with Gasteiger partial charge in [0.15, 0.2) is 5.65 Å². The number of carbonyl (C=O) groups excluding carboxylic acids is 1. The Morgan fingerprint density at radius 3 is 2.51 bits per heavy atom. The summed E-state index contributed by atoms with van der Waals surface area (Å²) in [6, 6.07) is 10.1. The van der Waals surface area contributed by atoms with Crippen LogP contribution in [0.5, 0.6) is 0 Å². The Kier molecular flexibility index (Phi) is 9.82. The topological polar surface area (TPSA) is 102 Å². The Hall–Kier alpha value is -3.89. The lowest BCUT2D eigenvalue weighted by atomic mass is 10.0. The van der Waals surface area contributed by atoms with E-state index in [0.29, 0.717) is 35.6 Å². The second kappa shape index (κ2) is 13.2. The number of anilines is 1. The molecule has 4 aromatic rings. The van der Waals surface area contributed by atoms with Crippen molar-refractivity contribution < 1.29 is 13.9 Å². The maximum Gasteiger partial charge on any atom is 0.355 e. The quantitative estimate of drug-likeness (QED) is 0.283. The summed E-state index contributed by atoms with van der Waals surface area (Å²) in [4.78, 5) is 39.5. The lowest BCUT2D eigenvalue weighted by Crippen LogP contribution is -2.50. The summed E-state index contributed by atoms with van der Waals surface area (Å²) in [5.41, 5.74) is 2.40. The molecule has 1 saturated heterocycles. The highest BCUT2D eigenvalue weighted by Gasteiger charge is 2.27. The standard InChI is InChI=1S/C27H28ClFN6O.C5H10O2/c1-15(2)22-24(16(3)9-10-31-22)35-26-19(25(33-27(35)36)34-12-11-30-14-17(34)4)13-20(28)23(32-26)18-7-5-6-8-21(18)29;1-5(2,3)7-4-6/h5-10,13,15,17,30H,11-12,14H2,1-4H3;4H,1-3H3. The fraction of sp³-hybridized carbons (Fsp3) is 0.406. The number of nitrogens with one attached hydrogen (secondary N) is 1. The first-order valence-corrected chi connectivity index (χ1v) is 14.6. The van der Waals surface area contributed by atoms with Crippen molar-refractivity contribution in [2.75, 3.05) is 24.5 Å². The van der Waals surface area contributed by atoms with Gasteiger partial charge in [-0.25, -0.2) is 18.7 Å². The molecule has 1 aliphatic rings. The minimum absolute atomic E-state index is 0.0491. The van der Waals surface area contributed by atoms with Crippen molar-refractivity contribution in [3.63, 3.8) is 0 Å². The summed E-state index contributed by atoms with van der Waals surface area (Å²) >= 11 is 6.72. The average molecular weight is 609 g/mol. The van der Waals surface area contributed by atoms with Crippen LogP contribution in [0.4, 0.5) is 10.2 Å². The highest BCUT2D eigenvalue weighted by atomic mass is 35.5. The molecule has 43 heavy (non-hydrogen) atoms. The molecule has 0 spiro atoms. The molecule has 0 radical (unpaired) electrons. The van der Waals surface area contributed by atoms with Crippen molar-refractivity contribution in [2.45, 2.75) is 66.0 Å². The van der Waals surface area contributed by atoms with E-state index < -0.39 is 11.5 Å². The van der Waals surface area contributed by atoms with Crippen molar-refractivity contribution in [1.82, 2.24) is 24.8 Å². The number of halogens is 2. The van der Waals surface area contributed by atoms with E-state index in [4.69, 9.17) is 16.6 Å². The molecule has 1 unspecified atom stereocenters. The molecule has 1 fully saturated rings. The number of rotatable bonds is 5. The van der Waals surface area contributed by atoms with E-state index >= 15 is 0 Å². The number of carbonyl (C=O) groups is 1. The molecule has 3 aromatic heterocycles. The molecule has 0 aliphatic carbocycles. The first-order valence-electron chi connectivity index (χ1n) is 14.3. The van der Waals surface area contributed by atoms with Gasteiger partial charge in [0.2, 0.25) is 0 Å². The Bertz CT molecular complexity index is 1680. The van der Waals surface area contributed by atoms with Gasteiger partial charge in [-0.15, -0.1) is 0 Å². The summed E-state index contributed by atoms with van der Waals surface area (Å²) < 4.78 is 20.9. The van der Waals surface area contributed by atoms with Crippen LogP contribution in [0.1, 0.15) is 58.7 Å². The lowest BCUT2D eigenvalue weighted by Gasteiger charge is -2.35. The van der Waals surface area contributed by atoms with E-state index in [0.717, 1.165) is 24.3 Å². The molecule has 11 heteroatoms. The third kappa shape index (κ3) is 7.02. The second-order valence-corrected chi connectivity index (χ2v) is 12.2. The highest BCUT2D eigenvalue weighted by molar-refractivity contribution is 6.33. The zero-order valence-electron chi connectivity index (χ0n) is 25.6. The minimum Gasteiger partial charge on any atom is -0.462 e. The van der Waals surface area contributed by atoms with E-state index in [2.05, 4.69) is 31.8 Å². The fourth-order valence-corrected chi connectivity index (χ4v) is 5.21. The molecule has 0 amide bonds. The molecule has 1 aliphatic heterocycles. The van der Waals surface area contributed by atoms with Crippen molar-refractivity contribution in [3.8, 4) is 16.9 Å². The number of nitrogens with zero attached hydrogens (tertiary/aromatic N) is 5. The first kappa shape index (κ1) is 32.0. The summed E-state index contributed by atoms with van der Waals surface area (Å²) in [6.45, 7) is 16.2. The number of piperazine rings is 1. The van der Waals surface area contributed by atoms with Gasteiger partial charge in [-0.05, 0) is 70.4 Å². The molecule has 1 N–H and O–H groups in total. The van der Waals surface area contributed by atoms with E-state index in [1.54, 1.807) is 30.5 Å². The number of hydrogen-bond donors (Lipinski definition) is 1. The smallest absolute Gasteiger partial charge is 0.355 e. The Balaban J connectivity index is 0.000000541. The number of ether oxygens (including phenoxy) is 1. The molecule has 1 aromatic carbocycles. The number of pyridine rings is 2. The van der Waals surface area contributed by atoms with Gasteiger partial charge in [0.1, 0.15) is 17.2 Å². The molecule has 9 nitrogen and oxygen atoms in total. The van der Waals surface area contributed by atoms with Crippen LogP contribution in [0.3, 0.4) is 0 Å². The van der Waals surface area contributed by atoms with Gasteiger partial charge < -0.3 is 15.0 Å². The van der Waals surface area contributed by atoms with E-state index in [1.807, 2.05) is 47.6 Å². The van der Waals surface area contributed by atoms with Gasteiger partial charge in [-0.1, -0.05) is 37.6 Å². The predicted octanol–water partition coefficient (Wildman–Crippen LogP) is 5.82.